The number of aliphatic hydroxyl groups is 1. The summed E-state index contributed by atoms with van der Waals surface area (Å²) in [5, 5.41) is 9.17. The van der Waals surface area contributed by atoms with Crippen LogP contribution in [-0.2, 0) is 9.53 Å². The molecule has 0 aliphatic heterocycles. The smallest absolute Gasteiger partial charge is 0.333 e. The third kappa shape index (κ3) is 2.14. The highest BCUT2D eigenvalue weighted by atomic mass is 16.5. The van der Waals surface area contributed by atoms with Crippen LogP contribution in [0.5, 0.6) is 0 Å². The fourth-order valence-electron chi connectivity index (χ4n) is 3.25. The highest BCUT2D eigenvalue weighted by Crippen LogP contribution is 2.51. The van der Waals surface area contributed by atoms with Gasteiger partial charge >= 0.3 is 5.97 Å². The molecule has 2 aliphatic carbocycles. The van der Waals surface area contributed by atoms with E-state index < -0.39 is 0 Å². The van der Waals surface area contributed by atoms with Crippen LogP contribution in [0.15, 0.2) is 12.2 Å². The Labute approximate surface area is 96.5 Å². The summed E-state index contributed by atoms with van der Waals surface area (Å²) in [6.45, 7) is 6.09. The van der Waals surface area contributed by atoms with E-state index in [1.807, 2.05) is 0 Å². The molecule has 2 bridgehead atoms. The topological polar surface area (TPSA) is 46.5 Å². The fraction of sp³-hybridized carbons (Fsp3) is 0.769. The lowest BCUT2D eigenvalue weighted by Gasteiger charge is -2.26. The van der Waals surface area contributed by atoms with Gasteiger partial charge in [0.2, 0.25) is 0 Å². The predicted octanol–water partition coefficient (Wildman–Crippen LogP) is 1.76. The summed E-state index contributed by atoms with van der Waals surface area (Å²) in [6.07, 6.45) is 3.43. The zero-order valence-electron chi connectivity index (χ0n) is 9.82. The van der Waals surface area contributed by atoms with Gasteiger partial charge in [0.25, 0.3) is 0 Å². The van der Waals surface area contributed by atoms with E-state index in [2.05, 4.69) is 6.58 Å². The summed E-state index contributed by atoms with van der Waals surface area (Å²) in [6, 6.07) is 0. The first-order valence-corrected chi connectivity index (χ1v) is 6.05. The maximum Gasteiger partial charge on any atom is 0.333 e. The maximum atomic E-state index is 11.3. The lowest BCUT2D eigenvalue weighted by molar-refractivity contribution is -0.140. The fourth-order valence-corrected chi connectivity index (χ4v) is 3.25. The van der Waals surface area contributed by atoms with Crippen molar-refractivity contribution in [1.29, 1.82) is 0 Å². The third-order valence-corrected chi connectivity index (χ3v) is 4.16. The maximum absolute atomic E-state index is 11.3. The number of hydrogen-bond acceptors (Lipinski definition) is 3. The average Bonchev–Trinajstić information content (AvgIpc) is 2.83. The second kappa shape index (κ2) is 4.58. The van der Waals surface area contributed by atoms with Crippen LogP contribution in [0.25, 0.3) is 0 Å². The van der Waals surface area contributed by atoms with Crippen LogP contribution in [0.4, 0.5) is 0 Å². The molecule has 1 N–H and O–H groups in total. The molecule has 4 atom stereocenters. The largest absolute Gasteiger partial charge is 0.462 e. The number of fused-ring (bicyclic) bond motifs is 2. The number of rotatable bonds is 4. The second-order valence-corrected chi connectivity index (χ2v) is 5.31. The molecule has 4 unspecified atom stereocenters. The van der Waals surface area contributed by atoms with Gasteiger partial charge in [-0.05, 0) is 49.9 Å². The first-order valence-electron chi connectivity index (χ1n) is 6.05. The summed E-state index contributed by atoms with van der Waals surface area (Å²) >= 11 is 0. The molecular formula is C13H20O3. The lowest BCUT2D eigenvalue weighted by Crippen LogP contribution is -2.24. The minimum Gasteiger partial charge on any atom is -0.462 e. The van der Waals surface area contributed by atoms with Gasteiger partial charge in [-0.15, -0.1) is 0 Å². The molecule has 2 fully saturated rings. The third-order valence-electron chi connectivity index (χ3n) is 4.16. The summed E-state index contributed by atoms with van der Waals surface area (Å²) < 4.78 is 5.21. The van der Waals surface area contributed by atoms with Crippen LogP contribution in [0, 0.1) is 23.7 Å². The van der Waals surface area contributed by atoms with Crippen molar-refractivity contribution in [2.45, 2.75) is 26.2 Å². The van der Waals surface area contributed by atoms with E-state index in [9.17, 15) is 4.79 Å². The van der Waals surface area contributed by atoms with E-state index in [1.165, 1.54) is 6.42 Å². The Balaban J connectivity index is 1.78. The molecule has 0 amide bonds. The minimum absolute atomic E-state index is 0.276. The minimum atomic E-state index is -0.276. The molecule has 2 rings (SSSR count). The van der Waals surface area contributed by atoms with Gasteiger partial charge < -0.3 is 9.84 Å². The van der Waals surface area contributed by atoms with Crippen molar-refractivity contribution in [3.8, 4) is 0 Å². The quantitative estimate of drug-likeness (QED) is 0.584. The molecule has 16 heavy (non-hydrogen) atoms. The molecule has 0 heterocycles. The Kier molecular flexibility index (Phi) is 3.33. The van der Waals surface area contributed by atoms with E-state index in [1.54, 1.807) is 6.92 Å². The van der Waals surface area contributed by atoms with E-state index in [0.29, 0.717) is 42.5 Å². The molecule has 0 aromatic heterocycles. The molecular weight excluding hydrogens is 204 g/mol. The molecule has 0 spiro atoms. The van der Waals surface area contributed by atoms with Crippen LogP contribution in [0.3, 0.4) is 0 Å². The number of aliphatic hydroxyl groups excluding tert-OH is 1. The Hall–Kier alpha value is -0.830. The van der Waals surface area contributed by atoms with Crippen molar-refractivity contribution in [1.82, 2.24) is 0 Å². The van der Waals surface area contributed by atoms with Crippen molar-refractivity contribution in [2.75, 3.05) is 13.2 Å². The van der Waals surface area contributed by atoms with Crippen LogP contribution in [-0.4, -0.2) is 24.3 Å². The Bertz CT molecular complexity index is 298. The normalized spacial score (nSPS) is 36.4. The summed E-state index contributed by atoms with van der Waals surface area (Å²) in [5.41, 5.74) is 0.469. The van der Waals surface area contributed by atoms with Crippen molar-refractivity contribution in [3.63, 3.8) is 0 Å². The lowest BCUT2D eigenvalue weighted by atomic mass is 9.83. The van der Waals surface area contributed by atoms with Crippen molar-refractivity contribution < 1.29 is 14.6 Å². The SMILES string of the molecule is C=C(C)C(=O)OCC1CC2CC1CC2CO. The monoisotopic (exact) mass is 224 g/mol. The van der Waals surface area contributed by atoms with Gasteiger partial charge in [0, 0.05) is 12.2 Å². The molecule has 2 saturated carbocycles. The van der Waals surface area contributed by atoms with Gasteiger partial charge in [-0.3, -0.25) is 0 Å². The molecule has 0 radical (unpaired) electrons. The number of ether oxygens (including phenoxy) is 1. The first kappa shape index (κ1) is 11.6. The highest BCUT2D eigenvalue weighted by Gasteiger charge is 2.45. The summed E-state index contributed by atoms with van der Waals surface area (Å²) in [4.78, 5) is 11.3. The second-order valence-electron chi connectivity index (χ2n) is 5.31. The predicted molar refractivity (Wildman–Crippen MR) is 60.7 cm³/mol. The van der Waals surface area contributed by atoms with Crippen LogP contribution in [0.1, 0.15) is 26.2 Å². The Morgan fingerprint density at radius 1 is 1.31 bits per heavy atom. The summed E-state index contributed by atoms with van der Waals surface area (Å²) in [5.74, 6) is 2.04. The molecule has 2 aliphatic rings. The number of hydrogen-bond donors (Lipinski definition) is 1. The number of esters is 1. The van der Waals surface area contributed by atoms with Crippen molar-refractivity contribution in [3.05, 3.63) is 12.2 Å². The molecule has 0 aromatic rings. The van der Waals surface area contributed by atoms with E-state index >= 15 is 0 Å². The van der Waals surface area contributed by atoms with Crippen LogP contribution >= 0.6 is 0 Å². The van der Waals surface area contributed by atoms with Crippen LogP contribution in [0.2, 0.25) is 0 Å². The zero-order chi connectivity index (χ0) is 11.7. The standard InChI is InChI=1S/C13H20O3/c1-8(2)13(15)16-7-12-5-9-3-10(12)4-11(9)6-14/h9-12,14H,1,3-7H2,2H3. The van der Waals surface area contributed by atoms with Crippen LogP contribution < -0.4 is 0 Å². The summed E-state index contributed by atoms with van der Waals surface area (Å²) in [7, 11) is 0. The van der Waals surface area contributed by atoms with Gasteiger partial charge in [0.1, 0.15) is 0 Å². The molecule has 0 aromatic carbocycles. The van der Waals surface area contributed by atoms with E-state index in [0.717, 1.165) is 12.8 Å². The zero-order valence-corrected chi connectivity index (χ0v) is 9.82. The van der Waals surface area contributed by atoms with Crippen molar-refractivity contribution in [2.24, 2.45) is 23.7 Å². The molecule has 90 valence electrons. The number of carbonyl (C=O) groups excluding carboxylic acids is 1. The van der Waals surface area contributed by atoms with Crippen molar-refractivity contribution >= 4 is 5.97 Å². The molecule has 0 saturated heterocycles. The Morgan fingerprint density at radius 2 is 1.94 bits per heavy atom. The van der Waals surface area contributed by atoms with Gasteiger partial charge in [0.15, 0.2) is 0 Å². The highest BCUT2D eigenvalue weighted by molar-refractivity contribution is 5.86. The molecule has 3 heteroatoms. The van der Waals surface area contributed by atoms with E-state index in [4.69, 9.17) is 9.84 Å². The van der Waals surface area contributed by atoms with Gasteiger partial charge in [-0.2, -0.15) is 0 Å². The van der Waals surface area contributed by atoms with Gasteiger partial charge in [-0.25, -0.2) is 4.79 Å². The first-order chi connectivity index (χ1) is 7.61. The van der Waals surface area contributed by atoms with Gasteiger partial charge in [-0.1, -0.05) is 6.58 Å². The average molecular weight is 224 g/mol. The van der Waals surface area contributed by atoms with E-state index in [-0.39, 0.29) is 5.97 Å². The van der Waals surface area contributed by atoms with Gasteiger partial charge in [0.05, 0.1) is 6.61 Å². The Morgan fingerprint density at radius 3 is 2.44 bits per heavy atom. The molecule has 3 nitrogen and oxygen atoms in total. The number of carbonyl (C=O) groups is 1.